The molecule has 2 saturated carbocycles. The van der Waals surface area contributed by atoms with Crippen molar-refractivity contribution in [3.8, 4) is 5.82 Å². The summed E-state index contributed by atoms with van der Waals surface area (Å²) in [5.41, 5.74) is 3.03. The molecule has 2 aliphatic rings. The number of nitrogens with zero attached hydrogens (tertiary/aromatic N) is 4. The Balaban J connectivity index is 1.35. The zero-order valence-electron chi connectivity index (χ0n) is 15.8. The maximum absolute atomic E-state index is 12.5. The van der Waals surface area contributed by atoms with Crippen LogP contribution in [0.25, 0.3) is 5.82 Å². The van der Waals surface area contributed by atoms with Crippen molar-refractivity contribution in [3.63, 3.8) is 0 Å². The van der Waals surface area contributed by atoms with Gasteiger partial charge in [-0.2, -0.15) is 5.10 Å². The summed E-state index contributed by atoms with van der Waals surface area (Å²) >= 11 is 0. The number of nitrogens with one attached hydrogen (secondary N) is 1. The van der Waals surface area contributed by atoms with Crippen molar-refractivity contribution in [1.82, 2.24) is 25.0 Å². The van der Waals surface area contributed by atoms with Crippen LogP contribution in [0.2, 0.25) is 0 Å². The molecule has 0 aromatic carbocycles. The van der Waals surface area contributed by atoms with E-state index in [1.165, 1.54) is 25.7 Å². The molecule has 0 radical (unpaired) electrons. The first-order valence-corrected chi connectivity index (χ1v) is 9.52. The van der Waals surface area contributed by atoms with Gasteiger partial charge < -0.3 is 10.2 Å². The number of carbonyl (C=O) groups is 1. The fourth-order valence-corrected chi connectivity index (χ4v) is 3.84. The second-order valence-corrected chi connectivity index (χ2v) is 7.80. The van der Waals surface area contributed by atoms with E-state index >= 15 is 0 Å². The molecule has 0 aliphatic heterocycles. The van der Waals surface area contributed by atoms with Gasteiger partial charge in [0.15, 0.2) is 5.82 Å². The normalized spacial score (nSPS) is 16.8. The third-order valence-electron chi connectivity index (χ3n) is 5.46. The highest BCUT2D eigenvalue weighted by Gasteiger charge is 2.44. The highest BCUT2D eigenvalue weighted by atomic mass is 16.2. The number of aromatic nitrogens is 3. The second-order valence-electron chi connectivity index (χ2n) is 7.80. The molecular formula is C20H27N5O. The average molecular weight is 353 g/mol. The number of aryl methyl sites for hydroxylation is 2. The van der Waals surface area contributed by atoms with Crippen LogP contribution in [0.15, 0.2) is 24.4 Å². The van der Waals surface area contributed by atoms with Gasteiger partial charge in [0.1, 0.15) is 0 Å². The lowest BCUT2D eigenvalue weighted by Gasteiger charge is -2.28. The summed E-state index contributed by atoms with van der Waals surface area (Å²) < 4.78 is 1.83. The molecule has 2 heterocycles. The predicted molar refractivity (Wildman–Crippen MR) is 100 cm³/mol. The Hall–Kier alpha value is -2.37. The summed E-state index contributed by atoms with van der Waals surface area (Å²) in [6.45, 7) is 4.48. The Morgan fingerprint density at radius 3 is 2.46 bits per heavy atom. The Morgan fingerprint density at radius 2 is 1.96 bits per heavy atom. The van der Waals surface area contributed by atoms with E-state index in [1.54, 1.807) is 0 Å². The monoisotopic (exact) mass is 353 g/mol. The minimum absolute atomic E-state index is 0.0245. The molecule has 26 heavy (non-hydrogen) atoms. The van der Waals surface area contributed by atoms with Crippen molar-refractivity contribution in [1.29, 1.82) is 0 Å². The maximum atomic E-state index is 12.5. The zero-order valence-corrected chi connectivity index (χ0v) is 15.8. The Morgan fingerprint density at radius 1 is 1.27 bits per heavy atom. The van der Waals surface area contributed by atoms with E-state index in [1.807, 2.05) is 54.9 Å². The van der Waals surface area contributed by atoms with E-state index in [0.717, 1.165) is 34.6 Å². The van der Waals surface area contributed by atoms with Crippen LogP contribution in [-0.2, 0) is 6.54 Å². The van der Waals surface area contributed by atoms with Gasteiger partial charge in [0, 0.05) is 31.5 Å². The molecule has 6 nitrogen and oxygen atoms in total. The second kappa shape index (κ2) is 6.74. The summed E-state index contributed by atoms with van der Waals surface area (Å²) in [5, 5.41) is 7.49. The quantitative estimate of drug-likeness (QED) is 0.867. The number of urea groups is 1. The molecule has 1 N–H and O–H groups in total. The molecule has 2 aliphatic carbocycles. The number of carbonyl (C=O) groups excluding carboxylic acids is 1. The first-order valence-electron chi connectivity index (χ1n) is 9.52. The highest BCUT2D eigenvalue weighted by Crippen LogP contribution is 2.46. The van der Waals surface area contributed by atoms with Crippen molar-refractivity contribution in [2.24, 2.45) is 11.8 Å². The molecule has 138 valence electrons. The standard InChI is InChI=1S/C20H27N5O/c1-13-10-14(2)25(23-13)18-9-4-15(11-21-18)12-22-20(26)24(3)19(16-5-6-16)17-7-8-17/h4,9-11,16-17,19H,5-8,12H2,1-3H3,(H,22,26). The van der Waals surface area contributed by atoms with Gasteiger partial charge in [0.05, 0.1) is 5.69 Å². The summed E-state index contributed by atoms with van der Waals surface area (Å²) in [6, 6.07) is 6.43. The average Bonchev–Trinajstić information content (AvgIpc) is 3.54. The smallest absolute Gasteiger partial charge is 0.317 e. The van der Waals surface area contributed by atoms with Crippen LogP contribution in [0.3, 0.4) is 0 Å². The zero-order chi connectivity index (χ0) is 18.3. The lowest BCUT2D eigenvalue weighted by Crippen LogP contribution is -2.45. The number of pyridine rings is 1. The Kier molecular flexibility index (Phi) is 4.42. The van der Waals surface area contributed by atoms with E-state index in [0.29, 0.717) is 12.6 Å². The molecule has 6 heteroatoms. The maximum Gasteiger partial charge on any atom is 0.317 e. The van der Waals surface area contributed by atoms with Crippen molar-refractivity contribution in [2.75, 3.05) is 7.05 Å². The molecule has 2 aromatic heterocycles. The van der Waals surface area contributed by atoms with E-state index in [4.69, 9.17) is 0 Å². The van der Waals surface area contributed by atoms with Gasteiger partial charge in [-0.05, 0) is 69.1 Å². The van der Waals surface area contributed by atoms with Gasteiger partial charge in [-0.15, -0.1) is 0 Å². The fourth-order valence-electron chi connectivity index (χ4n) is 3.84. The van der Waals surface area contributed by atoms with Crippen LogP contribution in [0.1, 0.15) is 42.6 Å². The topological polar surface area (TPSA) is 63.1 Å². The molecular weight excluding hydrogens is 326 g/mol. The summed E-state index contributed by atoms with van der Waals surface area (Å²) in [5.74, 6) is 2.24. The van der Waals surface area contributed by atoms with Gasteiger partial charge in [-0.1, -0.05) is 6.07 Å². The number of rotatable bonds is 6. The Bertz CT molecular complexity index is 777. The van der Waals surface area contributed by atoms with Gasteiger partial charge in [-0.25, -0.2) is 14.5 Å². The van der Waals surface area contributed by atoms with Crippen molar-refractivity contribution in [2.45, 2.75) is 52.1 Å². The highest BCUT2D eigenvalue weighted by molar-refractivity contribution is 5.74. The first kappa shape index (κ1) is 17.1. The number of amides is 2. The summed E-state index contributed by atoms with van der Waals surface area (Å²) in [7, 11) is 1.95. The molecule has 4 rings (SSSR count). The van der Waals surface area contributed by atoms with Crippen LogP contribution in [0.4, 0.5) is 4.79 Å². The van der Waals surface area contributed by atoms with Crippen molar-refractivity contribution >= 4 is 6.03 Å². The fraction of sp³-hybridized carbons (Fsp3) is 0.550. The number of hydrogen-bond acceptors (Lipinski definition) is 3. The largest absolute Gasteiger partial charge is 0.334 e. The minimum atomic E-state index is 0.0245. The van der Waals surface area contributed by atoms with E-state index in [9.17, 15) is 4.79 Å². The molecule has 0 spiro atoms. The van der Waals surface area contributed by atoms with Crippen LogP contribution >= 0.6 is 0 Å². The predicted octanol–water partition coefficient (Wildman–Crippen LogP) is 3.21. The van der Waals surface area contributed by atoms with Gasteiger partial charge in [0.25, 0.3) is 0 Å². The van der Waals surface area contributed by atoms with Crippen molar-refractivity contribution < 1.29 is 4.79 Å². The Labute approximate surface area is 154 Å². The molecule has 0 unspecified atom stereocenters. The lowest BCUT2D eigenvalue weighted by molar-refractivity contribution is 0.173. The molecule has 2 aromatic rings. The van der Waals surface area contributed by atoms with Crippen molar-refractivity contribution in [3.05, 3.63) is 41.3 Å². The van der Waals surface area contributed by atoms with Crippen LogP contribution in [0, 0.1) is 25.7 Å². The molecule has 2 amide bonds. The van der Waals surface area contributed by atoms with E-state index in [2.05, 4.69) is 15.4 Å². The summed E-state index contributed by atoms with van der Waals surface area (Å²) in [6.07, 6.45) is 6.91. The SMILES string of the molecule is Cc1cc(C)n(-c2ccc(CNC(=O)N(C)C(C3CC3)C3CC3)cn2)n1. The third kappa shape index (κ3) is 3.59. The molecule has 0 bridgehead atoms. The van der Waals surface area contributed by atoms with E-state index in [-0.39, 0.29) is 6.03 Å². The van der Waals surface area contributed by atoms with Crippen LogP contribution in [0.5, 0.6) is 0 Å². The lowest BCUT2D eigenvalue weighted by atomic mass is 10.1. The first-order chi connectivity index (χ1) is 12.5. The molecule has 0 atom stereocenters. The third-order valence-corrected chi connectivity index (χ3v) is 5.46. The molecule has 0 saturated heterocycles. The minimum Gasteiger partial charge on any atom is -0.334 e. The van der Waals surface area contributed by atoms with Crippen LogP contribution < -0.4 is 5.32 Å². The van der Waals surface area contributed by atoms with E-state index < -0.39 is 0 Å². The summed E-state index contributed by atoms with van der Waals surface area (Å²) in [4.78, 5) is 19.0. The van der Waals surface area contributed by atoms with Gasteiger partial charge in [-0.3, -0.25) is 0 Å². The van der Waals surface area contributed by atoms with Gasteiger partial charge >= 0.3 is 6.03 Å². The molecule has 2 fully saturated rings. The van der Waals surface area contributed by atoms with Crippen LogP contribution in [-0.4, -0.2) is 38.8 Å². The number of hydrogen-bond donors (Lipinski definition) is 1. The van der Waals surface area contributed by atoms with Gasteiger partial charge in [0.2, 0.25) is 0 Å².